The molecule has 1 atom stereocenters. The third-order valence-corrected chi connectivity index (χ3v) is 5.18. The summed E-state index contributed by atoms with van der Waals surface area (Å²) >= 11 is 6.10. The van der Waals surface area contributed by atoms with E-state index in [0.29, 0.717) is 35.7 Å². The molecule has 0 aliphatic heterocycles. The highest BCUT2D eigenvalue weighted by Crippen LogP contribution is 2.50. The Balaban J connectivity index is 2.41. The van der Waals surface area contributed by atoms with Crippen molar-refractivity contribution in [2.75, 3.05) is 21.3 Å². The smallest absolute Gasteiger partial charge is 0.217 e. The maximum absolute atomic E-state index is 12.4. The molecule has 148 valence electrons. The number of halogens is 1. The van der Waals surface area contributed by atoms with E-state index in [-0.39, 0.29) is 22.4 Å². The number of benzene rings is 1. The molecule has 1 aliphatic rings. The van der Waals surface area contributed by atoms with E-state index in [4.69, 9.17) is 25.8 Å². The van der Waals surface area contributed by atoms with Crippen molar-refractivity contribution in [2.45, 2.75) is 25.8 Å². The van der Waals surface area contributed by atoms with Gasteiger partial charge in [0, 0.05) is 12.5 Å². The monoisotopic (exact) mass is 403 g/mol. The van der Waals surface area contributed by atoms with Gasteiger partial charge in [0.1, 0.15) is 0 Å². The number of nitrogens with one attached hydrogen (secondary N) is 1. The van der Waals surface area contributed by atoms with Crippen LogP contribution in [0.1, 0.15) is 30.5 Å². The number of hydrogen-bond acceptors (Lipinski definition) is 5. The van der Waals surface area contributed by atoms with Gasteiger partial charge in [-0.1, -0.05) is 17.7 Å². The summed E-state index contributed by atoms with van der Waals surface area (Å²) in [6.07, 6.45) is 1.26. The van der Waals surface area contributed by atoms with Gasteiger partial charge in [0.15, 0.2) is 16.9 Å². The van der Waals surface area contributed by atoms with Gasteiger partial charge in [-0.25, -0.2) is 0 Å². The van der Waals surface area contributed by atoms with Crippen molar-refractivity contribution < 1.29 is 19.0 Å². The summed E-state index contributed by atoms with van der Waals surface area (Å²) in [7, 11) is 4.67. The Morgan fingerprint density at radius 2 is 1.82 bits per heavy atom. The maximum Gasteiger partial charge on any atom is 0.217 e. The summed E-state index contributed by atoms with van der Waals surface area (Å²) in [5.74, 6) is 1.36. The molecular weight excluding hydrogens is 382 g/mol. The molecule has 0 radical (unpaired) electrons. The van der Waals surface area contributed by atoms with Gasteiger partial charge in [-0.05, 0) is 47.7 Å². The van der Waals surface area contributed by atoms with Crippen LogP contribution in [0.3, 0.4) is 0 Å². The van der Waals surface area contributed by atoms with Crippen molar-refractivity contribution in [3.05, 3.63) is 50.6 Å². The summed E-state index contributed by atoms with van der Waals surface area (Å²) in [4.78, 5) is 24.2. The quantitative estimate of drug-likeness (QED) is 0.845. The fraction of sp³-hybridized carbons (Fsp3) is 0.333. The number of carbonyl (C=O) groups excluding carboxylic acids is 1. The predicted octanol–water partition coefficient (Wildman–Crippen LogP) is 3.52. The van der Waals surface area contributed by atoms with Gasteiger partial charge in [0.25, 0.3) is 0 Å². The third kappa shape index (κ3) is 3.52. The minimum absolute atomic E-state index is 0.107. The van der Waals surface area contributed by atoms with Crippen molar-refractivity contribution in [2.24, 2.45) is 0 Å². The van der Waals surface area contributed by atoms with Crippen LogP contribution in [0.15, 0.2) is 29.1 Å². The first kappa shape index (κ1) is 20.0. The molecule has 28 heavy (non-hydrogen) atoms. The first-order chi connectivity index (χ1) is 13.4. The zero-order valence-corrected chi connectivity index (χ0v) is 17.0. The molecule has 2 aromatic rings. The molecule has 0 unspecified atom stereocenters. The fourth-order valence-electron chi connectivity index (χ4n) is 3.69. The maximum atomic E-state index is 12.4. The molecular formula is C21H22ClNO5. The van der Waals surface area contributed by atoms with Gasteiger partial charge >= 0.3 is 0 Å². The number of aryl methyl sites for hydroxylation is 1. The molecule has 0 aromatic heterocycles. The van der Waals surface area contributed by atoms with Crippen LogP contribution >= 0.6 is 11.6 Å². The lowest BCUT2D eigenvalue weighted by Gasteiger charge is -2.19. The molecule has 3 rings (SSSR count). The molecule has 2 aromatic carbocycles. The Morgan fingerprint density at radius 3 is 2.43 bits per heavy atom. The van der Waals surface area contributed by atoms with Gasteiger partial charge in [-0.3, -0.25) is 9.59 Å². The van der Waals surface area contributed by atoms with Crippen molar-refractivity contribution in [3.8, 4) is 28.4 Å². The molecule has 0 saturated heterocycles. The Labute approximate surface area is 168 Å². The zero-order valence-electron chi connectivity index (χ0n) is 16.2. The lowest BCUT2D eigenvalue weighted by Crippen LogP contribution is -2.26. The van der Waals surface area contributed by atoms with Crippen LogP contribution in [0.25, 0.3) is 11.1 Å². The number of methoxy groups -OCH3 is 3. The number of rotatable bonds is 4. The van der Waals surface area contributed by atoms with Crippen molar-refractivity contribution >= 4 is 17.5 Å². The lowest BCUT2D eigenvalue weighted by atomic mass is 9.95. The van der Waals surface area contributed by atoms with Crippen LogP contribution in [0, 0.1) is 0 Å². The summed E-state index contributed by atoms with van der Waals surface area (Å²) in [5, 5.41) is 3.05. The molecule has 1 N–H and O–H groups in total. The van der Waals surface area contributed by atoms with Gasteiger partial charge < -0.3 is 19.5 Å². The Morgan fingerprint density at radius 1 is 1.11 bits per heavy atom. The predicted molar refractivity (Wildman–Crippen MR) is 108 cm³/mol. The van der Waals surface area contributed by atoms with E-state index in [0.717, 1.165) is 16.7 Å². The molecule has 1 amide bonds. The van der Waals surface area contributed by atoms with Crippen LogP contribution in [0.4, 0.5) is 0 Å². The molecule has 7 heteroatoms. The standard InChI is InChI=1S/C21H22ClNO5/c1-11(24)23-16-8-5-12-9-18(26-2)20(27-3)21(28-4)19(12)13-6-7-15(22)17(25)10-14(13)16/h6-7,9-10,16H,5,8H2,1-4H3,(H,23,24)/t16-/m0/s1. The number of carbonyl (C=O) groups is 1. The van der Waals surface area contributed by atoms with Crippen LogP contribution in [-0.2, 0) is 11.2 Å². The second-order valence-corrected chi connectivity index (χ2v) is 6.94. The molecule has 0 saturated carbocycles. The van der Waals surface area contributed by atoms with E-state index in [1.165, 1.54) is 13.0 Å². The number of ether oxygens (including phenoxy) is 3. The largest absolute Gasteiger partial charge is 0.493 e. The van der Waals surface area contributed by atoms with E-state index < -0.39 is 0 Å². The summed E-state index contributed by atoms with van der Waals surface area (Å²) in [6.45, 7) is 1.46. The SMILES string of the molecule is COc1cc2c(c(OC)c1OC)-c1ccc(Cl)c(=O)cc1[C@@H](NC(C)=O)CC2. The van der Waals surface area contributed by atoms with Crippen LogP contribution in [0.2, 0.25) is 5.02 Å². The van der Waals surface area contributed by atoms with E-state index in [2.05, 4.69) is 5.32 Å². The first-order valence-electron chi connectivity index (χ1n) is 8.84. The number of fused-ring (bicyclic) bond motifs is 3. The van der Waals surface area contributed by atoms with Crippen LogP contribution in [-0.4, -0.2) is 27.2 Å². The van der Waals surface area contributed by atoms with E-state index in [1.807, 2.05) is 6.07 Å². The van der Waals surface area contributed by atoms with E-state index in [9.17, 15) is 9.59 Å². The van der Waals surface area contributed by atoms with Gasteiger partial charge in [-0.15, -0.1) is 0 Å². The minimum atomic E-state index is -0.335. The highest BCUT2D eigenvalue weighted by molar-refractivity contribution is 6.30. The summed E-state index contributed by atoms with van der Waals surface area (Å²) in [6, 6.07) is 6.41. The average molecular weight is 404 g/mol. The third-order valence-electron chi connectivity index (χ3n) is 4.87. The fourth-order valence-corrected chi connectivity index (χ4v) is 3.81. The van der Waals surface area contributed by atoms with Crippen molar-refractivity contribution in [1.29, 1.82) is 0 Å². The van der Waals surface area contributed by atoms with Gasteiger partial charge in [0.05, 0.1) is 32.4 Å². The average Bonchev–Trinajstić information content (AvgIpc) is 2.90. The summed E-state index contributed by atoms with van der Waals surface area (Å²) < 4.78 is 16.7. The normalized spacial score (nSPS) is 15.0. The van der Waals surface area contributed by atoms with Gasteiger partial charge in [-0.2, -0.15) is 0 Å². The van der Waals surface area contributed by atoms with Crippen LogP contribution < -0.4 is 25.0 Å². The zero-order chi connectivity index (χ0) is 20.4. The lowest BCUT2D eigenvalue weighted by molar-refractivity contribution is -0.119. The molecule has 0 heterocycles. The Hall–Kier alpha value is -2.73. The minimum Gasteiger partial charge on any atom is -0.493 e. The van der Waals surface area contributed by atoms with Crippen LogP contribution in [0.5, 0.6) is 17.2 Å². The van der Waals surface area contributed by atoms with Crippen molar-refractivity contribution in [1.82, 2.24) is 5.32 Å². The highest BCUT2D eigenvalue weighted by atomic mass is 35.5. The molecule has 0 fully saturated rings. The van der Waals surface area contributed by atoms with Gasteiger partial charge in [0.2, 0.25) is 11.7 Å². The number of hydrogen-bond donors (Lipinski definition) is 1. The highest BCUT2D eigenvalue weighted by Gasteiger charge is 2.29. The second kappa shape index (κ2) is 8.10. The Kier molecular flexibility index (Phi) is 5.79. The molecule has 0 bridgehead atoms. The number of amides is 1. The molecule has 6 nitrogen and oxygen atoms in total. The first-order valence-corrected chi connectivity index (χ1v) is 9.22. The second-order valence-electron chi connectivity index (χ2n) is 6.53. The Bertz CT molecular complexity index is 989. The molecule has 0 spiro atoms. The molecule has 1 aliphatic carbocycles. The summed E-state index contributed by atoms with van der Waals surface area (Å²) in [5.41, 5.74) is 2.92. The van der Waals surface area contributed by atoms with E-state index >= 15 is 0 Å². The van der Waals surface area contributed by atoms with Crippen molar-refractivity contribution in [3.63, 3.8) is 0 Å². The topological polar surface area (TPSA) is 73.9 Å². The van der Waals surface area contributed by atoms with E-state index in [1.54, 1.807) is 33.5 Å².